The number of hydrogen-bond donors (Lipinski definition) is 1. The van der Waals surface area contributed by atoms with E-state index < -0.39 is 11.6 Å². The molecule has 1 heterocycles. The topological polar surface area (TPSA) is 32.3 Å². The van der Waals surface area contributed by atoms with Crippen molar-refractivity contribution in [1.29, 1.82) is 0 Å². The first kappa shape index (κ1) is 20.5. The summed E-state index contributed by atoms with van der Waals surface area (Å²) in [6.45, 7) is 8.16. The van der Waals surface area contributed by atoms with E-state index >= 15 is 0 Å². The Balaban J connectivity index is 1.66. The van der Waals surface area contributed by atoms with Crippen LogP contribution in [-0.4, -0.2) is 23.9 Å². The lowest BCUT2D eigenvalue weighted by atomic mass is 9.88. The number of nitrogens with one attached hydrogen (secondary N) is 1. The molecule has 0 unspecified atom stereocenters. The molecular weight excluding hydrogens is 358 g/mol. The van der Waals surface area contributed by atoms with Crippen LogP contribution >= 0.6 is 0 Å². The first-order valence-corrected chi connectivity index (χ1v) is 9.91. The Hall–Kier alpha value is -2.27. The van der Waals surface area contributed by atoms with Gasteiger partial charge in [-0.05, 0) is 56.0 Å². The maximum atomic E-state index is 14.4. The molecule has 0 radical (unpaired) electrons. The summed E-state index contributed by atoms with van der Waals surface area (Å²) in [6, 6.07) is 10.9. The van der Waals surface area contributed by atoms with Crippen molar-refractivity contribution in [3.63, 3.8) is 0 Å². The van der Waals surface area contributed by atoms with Crippen LogP contribution in [0.3, 0.4) is 0 Å². The highest BCUT2D eigenvalue weighted by Gasteiger charge is 2.25. The van der Waals surface area contributed by atoms with E-state index in [0.717, 1.165) is 38.5 Å². The standard InChI is InChI=1S/C23H28F2N2O/c1-15(2)23(28)26-22-12-19(20(24)13-21(22)25)18-8-10-27(11-9-18)14-17-6-4-16(3)5-7-17/h4-7,12-13,15,18H,8-11,14H2,1-3H3,(H,26,28). The minimum Gasteiger partial charge on any atom is -0.323 e. The summed E-state index contributed by atoms with van der Waals surface area (Å²) >= 11 is 0. The van der Waals surface area contributed by atoms with Crippen LogP contribution < -0.4 is 5.32 Å². The largest absolute Gasteiger partial charge is 0.323 e. The maximum absolute atomic E-state index is 14.4. The molecule has 1 aliphatic heterocycles. The number of hydrogen-bond acceptors (Lipinski definition) is 2. The van der Waals surface area contributed by atoms with Gasteiger partial charge in [-0.1, -0.05) is 43.7 Å². The van der Waals surface area contributed by atoms with Crippen molar-refractivity contribution in [2.45, 2.75) is 46.1 Å². The van der Waals surface area contributed by atoms with E-state index in [0.29, 0.717) is 5.56 Å². The number of halogens is 2. The summed E-state index contributed by atoms with van der Waals surface area (Å²) in [4.78, 5) is 14.3. The van der Waals surface area contributed by atoms with Crippen LogP contribution in [0.1, 0.15) is 49.3 Å². The fraction of sp³-hybridized carbons (Fsp3) is 0.435. The Morgan fingerprint density at radius 2 is 1.75 bits per heavy atom. The zero-order valence-corrected chi connectivity index (χ0v) is 16.8. The van der Waals surface area contributed by atoms with Gasteiger partial charge in [-0.2, -0.15) is 0 Å². The van der Waals surface area contributed by atoms with Gasteiger partial charge in [0.15, 0.2) is 0 Å². The number of anilines is 1. The molecule has 5 heteroatoms. The fourth-order valence-corrected chi connectivity index (χ4v) is 3.61. The summed E-state index contributed by atoms with van der Waals surface area (Å²) in [5.74, 6) is -1.77. The van der Waals surface area contributed by atoms with Crippen LogP contribution in [0.4, 0.5) is 14.5 Å². The van der Waals surface area contributed by atoms with E-state index in [1.54, 1.807) is 13.8 Å². The Morgan fingerprint density at radius 3 is 2.36 bits per heavy atom. The van der Waals surface area contributed by atoms with Crippen LogP contribution in [0.5, 0.6) is 0 Å². The summed E-state index contributed by atoms with van der Waals surface area (Å²) < 4.78 is 28.5. The molecule has 3 nitrogen and oxygen atoms in total. The number of benzene rings is 2. The number of carbonyl (C=O) groups excluding carboxylic acids is 1. The second-order valence-electron chi connectivity index (χ2n) is 8.03. The van der Waals surface area contributed by atoms with Crippen molar-refractivity contribution in [3.05, 3.63) is 64.7 Å². The van der Waals surface area contributed by atoms with E-state index in [1.807, 2.05) is 0 Å². The molecule has 2 aromatic rings. The second-order valence-corrected chi connectivity index (χ2v) is 8.03. The van der Waals surface area contributed by atoms with Crippen LogP contribution in [-0.2, 0) is 11.3 Å². The average molecular weight is 386 g/mol. The number of likely N-dealkylation sites (tertiary alicyclic amines) is 1. The number of amides is 1. The first-order chi connectivity index (χ1) is 13.3. The Morgan fingerprint density at radius 1 is 1.11 bits per heavy atom. The summed E-state index contributed by atoms with van der Waals surface area (Å²) in [6.07, 6.45) is 1.62. The molecule has 3 rings (SSSR count). The van der Waals surface area contributed by atoms with E-state index in [4.69, 9.17) is 0 Å². The molecule has 0 saturated carbocycles. The zero-order valence-electron chi connectivity index (χ0n) is 16.8. The molecule has 1 amide bonds. The number of piperidine rings is 1. The van der Waals surface area contributed by atoms with E-state index in [1.165, 1.54) is 17.2 Å². The molecule has 1 fully saturated rings. The van der Waals surface area contributed by atoms with Crippen molar-refractivity contribution in [2.75, 3.05) is 18.4 Å². The maximum Gasteiger partial charge on any atom is 0.227 e. The average Bonchev–Trinajstić information content (AvgIpc) is 2.66. The number of nitrogens with zero attached hydrogens (tertiary/aromatic N) is 1. The smallest absolute Gasteiger partial charge is 0.227 e. The van der Waals surface area contributed by atoms with Gasteiger partial charge in [0.25, 0.3) is 0 Å². The lowest BCUT2D eigenvalue weighted by Crippen LogP contribution is -2.32. The molecule has 150 valence electrons. The summed E-state index contributed by atoms with van der Waals surface area (Å²) in [7, 11) is 0. The normalized spacial score (nSPS) is 15.8. The van der Waals surface area contributed by atoms with Crippen LogP contribution in [0.25, 0.3) is 0 Å². The predicted molar refractivity (Wildman–Crippen MR) is 108 cm³/mol. The third kappa shape index (κ3) is 4.96. The van der Waals surface area contributed by atoms with Crippen molar-refractivity contribution in [1.82, 2.24) is 4.90 Å². The molecule has 0 bridgehead atoms. The summed E-state index contributed by atoms with van der Waals surface area (Å²) in [5.41, 5.74) is 3.08. The first-order valence-electron chi connectivity index (χ1n) is 9.91. The quantitative estimate of drug-likeness (QED) is 0.761. The lowest BCUT2D eigenvalue weighted by molar-refractivity contribution is -0.118. The minimum atomic E-state index is -0.730. The minimum absolute atomic E-state index is 0.0320. The number of aryl methyl sites for hydroxylation is 1. The molecule has 1 aliphatic rings. The lowest BCUT2D eigenvalue weighted by Gasteiger charge is -2.32. The molecular formula is C23H28F2N2O. The van der Waals surface area contributed by atoms with Gasteiger partial charge in [0.1, 0.15) is 11.6 Å². The number of carbonyl (C=O) groups is 1. The summed E-state index contributed by atoms with van der Waals surface area (Å²) in [5, 5.41) is 2.57. The third-order valence-corrected chi connectivity index (χ3v) is 5.42. The Kier molecular flexibility index (Phi) is 6.45. The van der Waals surface area contributed by atoms with E-state index in [9.17, 15) is 13.6 Å². The van der Waals surface area contributed by atoms with Gasteiger partial charge < -0.3 is 5.32 Å². The van der Waals surface area contributed by atoms with Crippen LogP contribution in [0.15, 0.2) is 36.4 Å². The Labute approximate surface area is 165 Å². The molecule has 0 atom stereocenters. The van der Waals surface area contributed by atoms with Gasteiger partial charge in [-0.25, -0.2) is 8.78 Å². The molecule has 0 aromatic heterocycles. The molecule has 0 spiro atoms. The van der Waals surface area contributed by atoms with E-state index in [-0.39, 0.29) is 23.4 Å². The second kappa shape index (κ2) is 8.82. The highest BCUT2D eigenvalue weighted by atomic mass is 19.1. The van der Waals surface area contributed by atoms with Crippen molar-refractivity contribution in [3.8, 4) is 0 Å². The monoisotopic (exact) mass is 386 g/mol. The third-order valence-electron chi connectivity index (χ3n) is 5.42. The van der Waals surface area contributed by atoms with Gasteiger partial charge >= 0.3 is 0 Å². The van der Waals surface area contributed by atoms with E-state index in [2.05, 4.69) is 41.4 Å². The van der Waals surface area contributed by atoms with Crippen molar-refractivity contribution < 1.29 is 13.6 Å². The molecule has 1 saturated heterocycles. The zero-order chi connectivity index (χ0) is 20.3. The predicted octanol–water partition coefficient (Wildman–Crippen LogP) is 5.25. The molecule has 0 aliphatic carbocycles. The van der Waals surface area contributed by atoms with Crippen LogP contribution in [0.2, 0.25) is 0 Å². The van der Waals surface area contributed by atoms with Crippen LogP contribution in [0, 0.1) is 24.5 Å². The van der Waals surface area contributed by atoms with Gasteiger partial charge in [0.05, 0.1) is 5.69 Å². The van der Waals surface area contributed by atoms with Crippen molar-refractivity contribution >= 4 is 11.6 Å². The van der Waals surface area contributed by atoms with Gasteiger partial charge in [-0.15, -0.1) is 0 Å². The van der Waals surface area contributed by atoms with Gasteiger partial charge in [0.2, 0.25) is 5.91 Å². The molecule has 1 N–H and O–H groups in total. The van der Waals surface area contributed by atoms with Crippen molar-refractivity contribution in [2.24, 2.45) is 5.92 Å². The fourth-order valence-electron chi connectivity index (χ4n) is 3.61. The molecule has 28 heavy (non-hydrogen) atoms. The van der Waals surface area contributed by atoms with Gasteiger partial charge in [-0.3, -0.25) is 9.69 Å². The van der Waals surface area contributed by atoms with Gasteiger partial charge in [0, 0.05) is 18.5 Å². The molecule has 2 aromatic carbocycles. The highest BCUT2D eigenvalue weighted by molar-refractivity contribution is 5.92. The Bertz CT molecular complexity index is 825. The number of rotatable bonds is 5. The SMILES string of the molecule is Cc1ccc(CN2CCC(c3cc(NC(=O)C(C)C)c(F)cc3F)CC2)cc1. The highest BCUT2D eigenvalue weighted by Crippen LogP contribution is 2.33.